The van der Waals surface area contributed by atoms with Crippen molar-refractivity contribution in [2.45, 2.75) is 90.4 Å². The van der Waals surface area contributed by atoms with E-state index in [-0.39, 0.29) is 29.8 Å². The van der Waals surface area contributed by atoms with Gasteiger partial charge in [0, 0.05) is 77.8 Å². The monoisotopic (exact) mass is 1000 g/mol. The Morgan fingerprint density at radius 3 is 1.30 bits per heavy atom. The molecule has 0 radical (unpaired) electrons. The molecule has 70 heavy (non-hydrogen) atoms. The van der Waals surface area contributed by atoms with Crippen LogP contribution in [0.15, 0.2) is 155 Å². The Bertz CT molecular complexity index is 3270. The van der Waals surface area contributed by atoms with Gasteiger partial charge in [-0.2, -0.15) is 0 Å². The zero-order valence-corrected chi connectivity index (χ0v) is 43.1. The van der Waals surface area contributed by atoms with Crippen LogP contribution in [0.2, 0.25) is 0 Å². The SMILES string of the molecule is CCS(=O)(=O)c1ccc(CN)cc1.CCn1c(Cc2ccc(C)cc2)cc2cc(C(=O)NCc3ccc(S(=O)(=O)CC)cc3)ccc21.CCn1c(Cc2ccc(C)cc2)cc2cc(C(=O)O)ccc21.Cl. The standard InChI is InChI=1S/C28H30N2O3S.C19H19NO2.C9H13NO2S.ClH/c1-4-30-25(16-21-8-6-20(3)7-9-21)18-24-17-23(12-15-27(24)30)28(31)29-19-22-10-13-26(14-11-22)34(32,33)5-2;1-3-20-17(10-14-6-4-13(2)5-7-14)12-16-11-15(19(21)22)8-9-18(16)20;1-2-13(11,12)9-5-3-8(7-10)4-6-9;/h6-15,17-18H,4-5,16,19H2,1-3H3,(H,29,31);4-9,11-12H,3,10H2,1-2H3,(H,21,22);3-6H,2,7,10H2,1H3;1H. The summed E-state index contributed by atoms with van der Waals surface area (Å²) in [6.45, 7) is 14.2. The first kappa shape index (κ1) is 54.4. The molecule has 0 aliphatic heterocycles. The van der Waals surface area contributed by atoms with Gasteiger partial charge in [-0.3, -0.25) is 4.79 Å². The van der Waals surface area contributed by atoms with Crippen LogP contribution in [0.25, 0.3) is 21.8 Å². The van der Waals surface area contributed by atoms with Gasteiger partial charge < -0.3 is 25.3 Å². The number of aryl methyl sites for hydroxylation is 4. The molecule has 1 amide bonds. The van der Waals surface area contributed by atoms with Crippen LogP contribution in [0.1, 0.15) is 93.2 Å². The molecule has 2 aromatic heterocycles. The van der Waals surface area contributed by atoms with E-state index < -0.39 is 25.6 Å². The molecule has 0 fully saturated rings. The highest BCUT2D eigenvalue weighted by Gasteiger charge is 2.15. The van der Waals surface area contributed by atoms with Crippen LogP contribution >= 0.6 is 12.4 Å². The number of nitrogens with two attached hydrogens (primary N) is 1. The number of halogens is 1. The molecule has 2 heterocycles. The second-order valence-electron chi connectivity index (χ2n) is 16.9. The maximum Gasteiger partial charge on any atom is 0.335 e. The number of carboxylic acids is 1. The Morgan fingerprint density at radius 2 is 0.914 bits per heavy atom. The van der Waals surface area contributed by atoms with E-state index in [2.05, 4.69) is 103 Å². The largest absolute Gasteiger partial charge is 0.478 e. The molecule has 11 nitrogen and oxygen atoms in total. The number of carboxylic acid groups (broad SMARTS) is 1. The van der Waals surface area contributed by atoms with Gasteiger partial charge in [0.2, 0.25) is 0 Å². The Labute approximate surface area is 418 Å². The fraction of sp³-hybridized carbons (Fsp3) is 0.250. The fourth-order valence-electron chi connectivity index (χ4n) is 8.07. The minimum atomic E-state index is -3.23. The van der Waals surface area contributed by atoms with Gasteiger partial charge in [-0.15, -0.1) is 12.4 Å². The van der Waals surface area contributed by atoms with Crippen molar-refractivity contribution in [3.8, 4) is 0 Å². The number of sulfone groups is 2. The molecule has 4 N–H and O–H groups in total. The van der Waals surface area contributed by atoms with Crippen LogP contribution in [0.5, 0.6) is 0 Å². The maximum atomic E-state index is 12.8. The van der Waals surface area contributed by atoms with E-state index in [4.69, 9.17) is 10.8 Å². The van der Waals surface area contributed by atoms with E-state index >= 15 is 0 Å². The average molecular weight is 1000 g/mol. The van der Waals surface area contributed by atoms with Crippen molar-refractivity contribution in [3.63, 3.8) is 0 Å². The fourth-order valence-corrected chi connectivity index (χ4v) is 9.83. The number of hydrogen-bond donors (Lipinski definition) is 3. The molecular weight excluding hydrogens is 940 g/mol. The van der Waals surface area contributed by atoms with E-state index in [0.717, 1.165) is 58.9 Å². The molecule has 0 bridgehead atoms. The van der Waals surface area contributed by atoms with Crippen LogP contribution in [0.3, 0.4) is 0 Å². The van der Waals surface area contributed by atoms with E-state index in [1.54, 1.807) is 74.5 Å². The zero-order chi connectivity index (χ0) is 49.9. The second-order valence-corrected chi connectivity index (χ2v) is 21.5. The number of carbonyl (C=O) groups excluding carboxylic acids is 1. The molecule has 0 spiro atoms. The molecule has 0 saturated carbocycles. The maximum absolute atomic E-state index is 12.8. The first-order chi connectivity index (χ1) is 33.0. The summed E-state index contributed by atoms with van der Waals surface area (Å²) in [5.41, 5.74) is 17.8. The third-order valence-electron chi connectivity index (χ3n) is 12.1. The summed E-state index contributed by atoms with van der Waals surface area (Å²) in [7, 11) is -6.29. The van der Waals surface area contributed by atoms with Crippen LogP contribution in [-0.4, -0.2) is 54.5 Å². The van der Waals surface area contributed by atoms with Crippen LogP contribution in [0.4, 0.5) is 0 Å². The summed E-state index contributed by atoms with van der Waals surface area (Å²) >= 11 is 0. The number of aromatic carboxylic acids is 1. The van der Waals surface area contributed by atoms with Crippen molar-refractivity contribution < 1.29 is 31.5 Å². The van der Waals surface area contributed by atoms with Crippen molar-refractivity contribution in [1.82, 2.24) is 14.5 Å². The number of fused-ring (bicyclic) bond motifs is 2. The van der Waals surface area contributed by atoms with Gasteiger partial charge in [0.1, 0.15) is 0 Å². The zero-order valence-electron chi connectivity index (χ0n) is 40.6. The number of nitrogens with zero attached hydrogens (tertiary/aromatic N) is 2. The second kappa shape index (κ2) is 24.4. The van der Waals surface area contributed by atoms with Crippen molar-refractivity contribution in [2.24, 2.45) is 5.73 Å². The molecule has 0 unspecified atom stereocenters. The Balaban J connectivity index is 0.000000217. The van der Waals surface area contributed by atoms with E-state index in [1.165, 1.54) is 33.6 Å². The first-order valence-corrected chi connectivity index (χ1v) is 26.5. The van der Waals surface area contributed by atoms with Gasteiger partial charge in [-0.05, 0) is 123 Å². The predicted octanol–water partition coefficient (Wildman–Crippen LogP) is 10.9. The lowest BCUT2D eigenvalue weighted by molar-refractivity contribution is 0.0696. The van der Waals surface area contributed by atoms with E-state index in [1.807, 2.05) is 24.3 Å². The van der Waals surface area contributed by atoms with Crippen molar-refractivity contribution >= 4 is 65.8 Å². The summed E-state index contributed by atoms with van der Waals surface area (Å²) < 4.78 is 51.2. The van der Waals surface area contributed by atoms with Gasteiger partial charge in [0.15, 0.2) is 19.7 Å². The van der Waals surface area contributed by atoms with Crippen LogP contribution < -0.4 is 11.1 Å². The summed E-state index contributed by atoms with van der Waals surface area (Å²) in [5, 5.41) is 14.1. The Morgan fingerprint density at radius 1 is 0.529 bits per heavy atom. The molecule has 368 valence electrons. The Kier molecular flexibility index (Phi) is 18.9. The van der Waals surface area contributed by atoms with Crippen LogP contribution in [-0.2, 0) is 58.7 Å². The molecule has 8 aromatic rings. The predicted molar refractivity (Wildman–Crippen MR) is 285 cm³/mol. The smallest absolute Gasteiger partial charge is 0.335 e. The summed E-state index contributed by atoms with van der Waals surface area (Å²) in [4.78, 5) is 24.6. The minimum absolute atomic E-state index is 0. The van der Waals surface area contributed by atoms with Gasteiger partial charge in [-0.25, -0.2) is 21.6 Å². The van der Waals surface area contributed by atoms with Gasteiger partial charge in [0.25, 0.3) is 5.91 Å². The quantitative estimate of drug-likeness (QED) is 0.0911. The lowest BCUT2D eigenvalue weighted by atomic mass is 10.1. The molecule has 0 atom stereocenters. The molecule has 0 saturated heterocycles. The van der Waals surface area contributed by atoms with E-state index in [9.17, 15) is 26.4 Å². The number of amides is 1. The van der Waals surface area contributed by atoms with E-state index in [0.29, 0.717) is 34.0 Å². The highest BCUT2D eigenvalue weighted by atomic mass is 35.5. The highest BCUT2D eigenvalue weighted by molar-refractivity contribution is 7.91. The molecular formula is C56H63ClN4O7S2. The normalized spacial score (nSPS) is 11.2. The molecule has 0 aliphatic rings. The molecule has 8 rings (SSSR count). The third-order valence-corrected chi connectivity index (χ3v) is 15.6. The number of carbonyl (C=O) groups is 2. The Hall–Kier alpha value is -6.51. The molecule has 0 aliphatic carbocycles. The lowest BCUT2D eigenvalue weighted by Crippen LogP contribution is -2.22. The van der Waals surface area contributed by atoms with Gasteiger partial charge in [0.05, 0.1) is 26.9 Å². The first-order valence-electron chi connectivity index (χ1n) is 23.2. The van der Waals surface area contributed by atoms with Crippen molar-refractivity contribution in [3.05, 3.63) is 201 Å². The number of rotatable bonds is 15. The third kappa shape index (κ3) is 13.6. The summed E-state index contributed by atoms with van der Waals surface area (Å²) in [6.07, 6.45) is 1.69. The topological polar surface area (TPSA) is 171 Å². The summed E-state index contributed by atoms with van der Waals surface area (Å²) in [6, 6.07) is 45.9. The number of benzene rings is 6. The van der Waals surface area contributed by atoms with Crippen molar-refractivity contribution in [1.29, 1.82) is 0 Å². The highest BCUT2D eigenvalue weighted by Crippen LogP contribution is 2.26. The van der Waals surface area contributed by atoms with Crippen LogP contribution in [0, 0.1) is 13.8 Å². The number of aromatic nitrogens is 2. The average Bonchev–Trinajstić information content (AvgIpc) is 3.90. The number of nitrogens with one attached hydrogen (secondary N) is 1. The summed E-state index contributed by atoms with van der Waals surface area (Å²) in [5.74, 6) is -0.838. The van der Waals surface area contributed by atoms with Gasteiger partial charge in [-0.1, -0.05) is 97.8 Å². The molecule has 14 heteroatoms. The molecule has 6 aromatic carbocycles. The number of hydrogen-bond acceptors (Lipinski definition) is 7. The lowest BCUT2D eigenvalue weighted by Gasteiger charge is -2.09. The van der Waals surface area contributed by atoms with Crippen molar-refractivity contribution in [2.75, 3.05) is 11.5 Å². The van der Waals surface area contributed by atoms with Gasteiger partial charge >= 0.3 is 5.97 Å². The minimum Gasteiger partial charge on any atom is -0.478 e.